The van der Waals surface area contributed by atoms with E-state index < -0.39 is 0 Å². The van der Waals surface area contributed by atoms with Gasteiger partial charge in [0.05, 0.1) is 12.8 Å². The van der Waals surface area contributed by atoms with Crippen molar-refractivity contribution < 1.29 is 4.42 Å². The van der Waals surface area contributed by atoms with Crippen LogP contribution in [0.3, 0.4) is 0 Å². The van der Waals surface area contributed by atoms with E-state index in [4.69, 9.17) is 10.2 Å². The lowest BCUT2D eigenvalue weighted by molar-refractivity contribution is 0.0920. The molecule has 4 heteroatoms. The highest BCUT2D eigenvalue weighted by molar-refractivity contribution is 5.12. The molecule has 1 unspecified atom stereocenters. The number of nitrogens with zero attached hydrogens (tertiary/aromatic N) is 2. The molecule has 0 aromatic carbocycles. The standard InChI is InChI=1S/C14H25N3O/c1-3-12(2)17-6-4-16(5-7-17)10-14-8-13(9-15)11-18-14/h8,11-12H,3-7,9-10,15H2,1-2H3. The van der Waals surface area contributed by atoms with E-state index in [9.17, 15) is 0 Å². The summed E-state index contributed by atoms with van der Waals surface area (Å²) in [7, 11) is 0. The van der Waals surface area contributed by atoms with Crippen LogP contribution in [0.25, 0.3) is 0 Å². The second-order valence-electron chi connectivity index (χ2n) is 5.19. The zero-order valence-electron chi connectivity index (χ0n) is 11.6. The molecule has 102 valence electrons. The summed E-state index contributed by atoms with van der Waals surface area (Å²) in [5.41, 5.74) is 6.67. The number of furan rings is 1. The van der Waals surface area contributed by atoms with Crippen molar-refractivity contribution in [1.29, 1.82) is 0 Å². The molecule has 2 heterocycles. The van der Waals surface area contributed by atoms with E-state index in [1.807, 2.05) is 0 Å². The fraction of sp³-hybridized carbons (Fsp3) is 0.714. The lowest BCUT2D eigenvalue weighted by Gasteiger charge is -2.37. The van der Waals surface area contributed by atoms with Crippen molar-refractivity contribution in [2.24, 2.45) is 5.73 Å². The van der Waals surface area contributed by atoms with Gasteiger partial charge >= 0.3 is 0 Å². The number of hydrogen-bond acceptors (Lipinski definition) is 4. The predicted molar refractivity (Wildman–Crippen MR) is 73.2 cm³/mol. The molecule has 1 aliphatic heterocycles. The number of piperazine rings is 1. The first-order valence-corrected chi connectivity index (χ1v) is 6.95. The Kier molecular flexibility index (Phi) is 4.80. The molecule has 18 heavy (non-hydrogen) atoms. The van der Waals surface area contributed by atoms with Gasteiger partial charge in [-0.3, -0.25) is 9.80 Å². The number of hydrogen-bond donors (Lipinski definition) is 1. The van der Waals surface area contributed by atoms with E-state index >= 15 is 0 Å². The minimum absolute atomic E-state index is 0.561. The maximum atomic E-state index is 5.58. The first kappa shape index (κ1) is 13.6. The molecule has 2 rings (SSSR count). The van der Waals surface area contributed by atoms with Gasteiger partial charge in [0.1, 0.15) is 5.76 Å². The molecule has 1 fully saturated rings. The maximum Gasteiger partial charge on any atom is 0.118 e. The van der Waals surface area contributed by atoms with E-state index in [2.05, 4.69) is 29.7 Å². The van der Waals surface area contributed by atoms with Gasteiger partial charge < -0.3 is 10.2 Å². The Labute approximate surface area is 110 Å². The summed E-state index contributed by atoms with van der Waals surface area (Å²) >= 11 is 0. The molecule has 0 amide bonds. The predicted octanol–water partition coefficient (Wildman–Crippen LogP) is 1.65. The molecule has 0 bridgehead atoms. The van der Waals surface area contributed by atoms with Crippen LogP contribution in [0.5, 0.6) is 0 Å². The van der Waals surface area contributed by atoms with Crippen molar-refractivity contribution >= 4 is 0 Å². The van der Waals surface area contributed by atoms with Crippen LogP contribution in [-0.4, -0.2) is 42.0 Å². The molecule has 0 radical (unpaired) electrons. The molecule has 4 nitrogen and oxygen atoms in total. The number of nitrogens with two attached hydrogens (primary N) is 1. The smallest absolute Gasteiger partial charge is 0.118 e. The molecule has 0 saturated carbocycles. The highest BCUT2D eigenvalue weighted by atomic mass is 16.3. The third-order valence-electron chi connectivity index (χ3n) is 3.94. The SMILES string of the molecule is CCC(C)N1CCN(Cc2cc(CN)co2)CC1. The molecule has 0 aliphatic carbocycles. The van der Waals surface area contributed by atoms with E-state index in [1.165, 1.54) is 19.5 Å². The van der Waals surface area contributed by atoms with Crippen molar-refractivity contribution in [1.82, 2.24) is 9.80 Å². The Morgan fingerprint density at radius 3 is 2.61 bits per heavy atom. The van der Waals surface area contributed by atoms with Gasteiger partial charge in [-0.05, 0) is 19.4 Å². The van der Waals surface area contributed by atoms with Crippen LogP contribution in [-0.2, 0) is 13.1 Å². The Morgan fingerprint density at radius 1 is 1.33 bits per heavy atom. The van der Waals surface area contributed by atoms with E-state index in [1.54, 1.807) is 6.26 Å². The Hall–Kier alpha value is -0.840. The monoisotopic (exact) mass is 251 g/mol. The fourth-order valence-corrected chi connectivity index (χ4v) is 2.46. The second kappa shape index (κ2) is 6.36. The lowest BCUT2D eigenvalue weighted by atomic mass is 10.2. The molecular formula is C14H25N3O. The largest absolute Gasteiger partial charge is 0.468 e. The van der Waals surface area contributed by atoms with E-state index in [-0.39, 0.29) is 0 Å². The van der Waals surface area contributed by atoms with Crippen LogP contribution in [0.4, 0.5) is 0 Å². The quantitative estimate of drug-likeness (QED) is 0.864. The van der Waals surface area contributed by atoms with E-state index in [0.717, 1.165) is 31.0 Å². The average molecular weight is 251 g/mol. The Morgan fingerprint density at radius 2 is 2.06 bits per heavy atom. The Bertz CT molecular complexity index is 356. The van der Waals surface area contributed by atoms with Gasteiger partial charge in [0.15, 0.2) is 0 Å². The highest BCUT2D eigenvalue weighted by Crippen LogP contribution is 2.13. The molecule has 1 saturated heterocycles. The molecule has 1 atom stereocenters. The molecule has 0 spiro atoms. The van der Waals surface area contributed by atoms with Gasteiger partial charge in [-0.1, -0.05) is 6.92 Å². The Balaban J connectivity index is 1.79. The average Bonchev–Trinajstić information content (AvgIpc) is 2.86. The van der Waals surface area contributed by atoms with Gasteiger partial charge in [-0.25, -0.2) is 0 Å². The van der Waals surface area contributed by atoms with Gasteiger partial charge in [0.25, 0.3) is 0 Å². The van der Waals surface area contributed by atoms with Crippen LogP contribution in [0.1, 0.15) is 31.6 Å². The summed E-state index contributed by atoms with van der Waals surface area (Å²) in [5, 5.41) is 0. The summed E-state index contributed by atoms with van der Waals surface area (Å²) in [6.45, 7) is 10.6. The maximum absolute atomic E-state index is 5.58. The van der Waals surface area contributed by atoms with Crippen LogP contribution in [0, 0.1) is 0 Å². The first-order valence-electron chi connectivity index (χ1n) is 6.95. The fourth-order valence-electron chi connectivity index (χ4n) is 2.46. The molecule has 2 N–H and O–H groups in total. The zero-order chi connectivity index (χ0) is 13.0. The van der Waals surface area contributed by atoms with Gasteiger partial charge in [0.2, 0.25) is 0 Å². The third-order valence-corrected chi connectivity index (χ3v) is 3.94. The highest BCUT2D eigenvalue weighted by Gasteiger charge is 2.20. The van der Waals surface area contributed by atoms with Gasteiger partial charge in [-0.2, -0.15) is 0 Å². The van der Waals surface area contributed by atoms with Crippen molar-refractivity contribution in [3.05, 3.63) is 23.7 Å². The zero-order valence-corrected chi connectivity index (χ0v) is 11.6. The van der Waals surface area contributed by atoms with Crippen molar-refractivity contribution in [3.63, 3.8) is 0 Å². The summed E-state index contributed by atoms with van der Waals surface area (Å²) in [6, 6.07) is 2.78. The van der Waals surface area contributed by atoms with Crippen LogP contribution >= 0.6 is 0 Å². The topological polar surface area (TPSA) is 45.6 Å². The van der Waals surface area contributed by atoms with Crippen LogP contribution in [0.2, 0.25) is 0 Å². The molecular weight excluding hydrogens is 226 g/mol. The summed E-state index contributed by atoms with van der Waals surface area (Å²) in [5.74, 6) is 1.03. The van der Waals surface area contributed by atoms with Crippen molar-refractivity contribution in [3.8, 4) is 0 Å². The van der Waals surface area contributed by atoms with Crippen molar-refractivity contribution in [2.45, 2.75) is 39.4 Å². The van der Waals surface area contributed by atoms with Gasteiger partial charge in [-0.15, -0.1) is 0 Å². The van der Waals surface area contributed by atoms with E-state index in [0.29, 0.717) is 12.6 Å². The van der Waals surface area contributed by atoms with Gasteiger partial charge in [0, 0.05) is 44.3 Å². The van der Waals surface area contributed by atoms with Crippen molar-refractivity contribution in [2.75, 3.05) is 26.2 Å². The first-order chi connectivity index (χ1) is 8.72. The minimum Gasteiger partial charge on any atom is -0.468 e. The summed E-state index contributed by atoms with van der Waals surface area (Å²) in [6.07, 6.45) is 3.00. The normalized spacial score (nSPS) is 20.2. The summed E-state index contributed by atoms with van der Waals surface area (Å²) < 4.78 is 5.52. The third kappa shape index (κ3) is 3.34. The van der Waals surface area contributed by atoms with Crippen LogP contribution in [0.15, 0.2) is 16.7 Å². The minimum atomic E-state index is 0.561. The van der Waals surface area contributed by atoms with Crippen LogP contribution < -0.4 is 5.73 Å². The summed E-state index contributed by atoms with van der Waals surface area (Å²) in [4.78, 5) is 5.03. The molecule has 1 aromatic heterocycles. The lowest BCUT2D eigenvalue weighted by Crippen LogP contribution is -2.48. The molecule has 1 aliphatic rings. The second-order valence-corrected chi connectivity index (χ2v) is 5.19. The number of rotatable bonds is 5. The molecule has 1 aromatic rings.